The highest BCUT2D eigenvalue weighted by molar-refractivity contribution is 6.30. The van der Waals surface area contributed by atoms with Crippen LogP contribution in [0.3, 0.4) is 0 Å². The van der Waals surface area contributed by atoms with Crippen LogP contribution in [0.2, 0.25) is 10.0 Å². The van der Waals surface area contributed by atoms with Gasteiger partial charge in [-0.25, -0.2) is 9.78 Å². The number of fused-ring (bicyclic) bond motifs is 1. The van der Waals surface area contributed by atoms with E-state index in [0.29, 0.717) is 38.0 Å². The minimum absolute atomic E-state index is 0.0468. The molecule has 4 rings (SSSR count). The molecule has 0 bridgehead atoms. The van der Waals surface area contributed by atoms with Gasteiger partial charge in [-0.05, 0) is 42.5 Å². The lowest BCUT2D eigenvalue weighted by molar-refractivity contribution is 0.0696. The molecule has 0 atom stereocenters. The Morgan fingerprint density at radius 2 is 1.46 bits per heavy atom. The van der Waals surface area contributed by atoms with Crippen LogP contribution in [0.1, 0.15) is 10.4 Å². The minimum atomic E-state index is -1.10. The van der Waals surface area contributed by atoms with Crippen molar-refractivity contribution in [2.75, 3.05) is 0 Å². The molecule has 0 radical (unpaired) electrons. The van der Waals surface area contributed by atoms with Gasteiger partial charge in [-0.3, -0.25) is 0 Å². The van der Waals surface area contributed by atoms with Gasteiger partial charge in [0.05, 0.1) is 5.52 Å². The number of nitrogens with zero attached hydrogens (tertiary/aromatic N) is 1. The number of ether oxygens (including phenoxy) is 1. The average molecular weight is 410 g/mol. The molecule has 28 heavy (non-hydrogen) atoms. The van der Waals surface area contributed by atoms with E-state index in [1.54, 1.807) is 66.7 Å². The average Bonchev–Trinajstić information content (AvgIpc) is 2.69. The van der Waals surface area contributed by atoms with Crippen molar-refractivity contribution in [1.82, 2.24) is 4.98 Å². The Bertz CT molecular complexity index is 1170. The highest BCUT2D eigenvalue weighted by atomic mass is 35.5. The van der Waals surface area contributed by atoms with Gasteiger partial charge in [-0.1, -0.05) is 53.5 Å². The van der Waals surface area contributed by atoms with Crippen molar-refractivity contribution in [3.05, 3.63) is 88.4 Å². The number of carboxylic acid groups (broad SMARTS) is 1. The number of aromatic nitrogens is 1. The monoisotopic (exact) mass is 409 g/mol. The molecule has 0 fully saturated rings. The summed E-state index contributed by atoms with van der Waals surface area (Å²) < 4.78 is 6.01. The molecule has 0 unspecified atom stereocenters. The Morgan fingerprint density at radius 3 is 2.11 bits per heavy atom. The number of pyridine rings is 1. The molecular weight excluding hydrogens is 397 g/mol. The van der Waals surface area contributed by atoms with E-state index in [1.807, 2.05) is 6.07 Å². The van der Waals surface area contributed by atoms with Gasteiger partial charge in [0.25, 0.3) is 0 Å². The number of carboxylic acids is 1. The molecule has 0 aliphatic rings. The molecule has 0 saturated carbocycles. The van der Waals surface area contributed by atoms with Crippen LogP contribution in [0, 0.1) is 0 Å². The molecule has 4 nitrogen and oxygen atoms in total. The van der Waals surface area contributed by atoms with Crippen LogP contribution >= 0.6 is 23.2 Å². The lowest BCUT2D eigenvalue weighted by atomic mass is 10.0. The second-order valence-corrected chi connectivity index (χ2v) is 6.92. The van der Waals surface area contributed by atoms with Crippen molar-refractivity contribution in [2.45, 2.75) is 0 Å². The second-order valence-electron chi connectivity index (χ2n) is 6.05. The topological polar surface area (TPSA) is 59.4 Å². The van der Waals surface area contributed by atoms with Crippen LogP contribution in [0.5, 0.6) is 11.5 Å². The summed E-state index contributed by atoms with van der Waals surface area (Å²) in [6, 6.07) is 20.8. The molecule has 3 aromatic carbocycles. The van der Waals surface area contributed by atoms with Crippen molar-refractivity contribution in [2.24, 2.45) is 0 Å². The van der Waals surface area contributed by atoms with Crippen LogP contribution in [-0.2, 0) is 0 Å². The van der Waals surface area contributed by atoms with Crippen LogP contribution in [0.25, 0.3) is 22.2 Å². The summed E-state index contributed by atoms with van der Waals surface area (Å²) >= 11 is 11.9. The number of hydrogen-bond donors (Lipinski definition) is 1. The second kappa shape index (κ2) is 7.50. The van der Waals surface area contributed by atoms with E-state index in [2.05, 4.69) is 4.98 Å². The Balaban J connectivity index is 2.01. The third-order valence-electron chi connectivity index (χ3n) is 4.21. The first kappa shape index (κ1) is 18.3. The normalized spacial score (nSPS) is 10.8. The van der Waals surface area contributed by atoms with Crippen LogP contribution in [0.15, 0.2) is 72.8 Å². The van der Waals surface area contributed by atoms with Gasteiger partial charge in [0.15, 0.2) is 5.75 Å². The predicted molar refractivity (Wildman–Crippen MR) is 111 cm³/mol. The fourth-order valence-electron chi connectivity index (χ4n) is 2.93. The van der Waals surface area contributed by atoms with Crippen LogP contribution in [0.4, 0.5) is 0 Å². The first-order valence-electron chi connectivity index (χ1n) is 8.38. The zero-order chi connectivity index (χ0) is 19.7. The Hall–Kier alpha value is -3.08. The molecule has 1 heterocycles. The number of aromatic carboxylic acids is 1. The van der Waals surface area contributed by atoms with Gasteiger partial charge in [-0.2, -0.15) is 0 Å². The van der Waals surface area contributed by atoms with Gasteiger partial charge in [0.2, 0.25) is 0 Å². The first-order valence-corrected chi connectivity index (χ1v) is 9.14. The fourth-order valence-corrected chi connectivity index (χ4v) is 3.18. The maximum atomic E-state index is 12.2. The highest BCUT2D eigenvalue weighted by Gasteiger charge is 2.23. The summed E-state index contributed by atoms with van der Waals surface area (Å²) in [7, 11) is 0. The third-order valence-corrected chi connectivity index (χ3v) is 4.72. The molecule has 0 spiro atoms. The Morgan fingerprint density at radius 1 is 0.857 bits per heavy atom. The first-order chi connectivity index (χ1) is 13.5. The van der Waals surface area contributed by atoms with E-state index in [9.17, 15) is 9.90 Å². The van der Waals surface area contributed by atoms with Gasteiger partial charge in [-0.15, -0.1) is 0 Å². The fraction of sp³-hybridized carbons (Fsp3) is 0. The molecule has 0 aliphatic heterocycles. The number of para-hydroxylation sites is 1. The number of benzene rings is 3. The van der Waals surface area contributed by atoms with E-state index in [-0.39, 0.29) is 11.3 Å². The van der Waals surface area contributed by atoms with E-state index >= 15 is 0 Å². The maximum absolute atomic E-state index is 12.2. The summed E-state index contributed by atoms with van der Waals surface area (Å²) in [5.74, 6) is -0.479. The van der Waals surface area contributed by atoms with Crippen LogP contribution < -0.4 is 4.74 Å². The maximum Gasteiger partial charge on any atom is 0.340 e. The van der Waals surface area contributed by atoms with Gasteiger partial charge in [0, 0.05) is 21.0 Å². The molecule has 1 N–H and O–H groups in total. The quantitative estimate of drug-likeness (QED) is 0.407. The van der Waals surface area contributed by atoms with Crippen molar-refractivity contribution < 1.29 is 14.6 Å². The number of halogens is 2. The number of rotatable bonds is 4. The van der Waals surface area contributed by atoms with E-state index in [1.165, 1.54) is 0 Å². The van der Waals surface area contributed by atoms with E-state index in [4.69, 9.17) is 27.9 Å². The SMILES string of the molecule is O=C(O)c1c(Oc2ccc(Cl)cc2)c(-c2ccc(Cl)cc2)nc2ccccc12. The van der Waals surface area contributed by atoms with Crippen LogP contribution in [-0.4, -0.2) is 16.1 Å². The number of carbonyl (C=O) groups is 1. The minimum Gasteiger partial charge on any atom is -0.478 e. The van der Waals surface area contributed by atoms with Crippen molar-refractivity contribution >= 4 is 40.1 Å². The molecule has 0 amide bonds. The molecule has 6 heteroatoms. The molecular formula is C22H13Cl2NO3. The van der Waals surface area contributed by atoms with Crippen molar-refractivity contribution in [3.8, 4) is 22.8 Å². The Kier molecular flexibility index (Phi) is 4.90. The standard InChI is InChI=1S/C22H13Cl2NO3/c23-14-7-5-13(6-8-14)20-21(28-16-11-9-15(24)10-12-16)19(22(26)27)17-3-1-2-4-18(17)25-20/h1-12H,(H,26,27). The summed E-state index contributed by atoms with van der Waals surface area (Å²) in [6.07, 6.45) is 0. The molecule has 138 valence electrons. The predicted octanol–water partition coefficient (Wildman–Crippen LogP) is 6.70. The van der Waals surface area contributed by atoms with Crippen molar-refractivity contribution in [3.63, 3.8) is 0 Å². The smallest absolute Gasteiger partial charge is 0.340 e. The third kappa shape index (κ3) is 3.52. The van der Waals surface area contributed by atoms with Gasteiger partial charge < -0.3 is 9.84 Å². The number of hydrogen-bond acceptors (Lipinski definition) is 3. The lowest BCUT2D eigenvalue weighted by Crippen LogP contribution is -2.05. The van der Waals surface area contributed by atoms with E-state index in [0.717, 1.165) is 0 Å². The Labute approximate surface area is 170 Å². The lowest BCUT2D eigenvalue weighted by Gasteiger charge is -2.16. The molecule has 1 aromatic heterocycles. The van der Waals surface area contributed by atoms with E-state index < -0.39 is 5.97 Å². The zero-order valence-electron chi connectivity index (χ0n) is 14.4. The van der Waals surface area contributed by atoms with Gasteiger partial charge >= 0.3 is 5.97 Å². The summed E-state index contributed by atoms with van der Waals surface area (Å²) in [5.41, 5.74) is 1.73. The molecule has 0 aliphatic carbocycles. The van der Waals surface area contributed by atoms with Gasteiger partial charge in [0.1, 0.15) is 17.0 Å². The highest BCUT2D eigenvalue weighted by Crippen LogP contribution is 2.39. The summed E-state index contributed by atoms with van der Waals surface area (Å²) in [6.45, 7) is 0. The zero-order valence-corrected chi connectivity index (χ0v) is 15.9. The molecule has 0 saturated heterocycles. The molecule has 4 aromatic rings. The summed E-state index contributed by atoms with van der Waals surface area (Å²) in [5, 5.41) is 11.6. The van der Waals surface area contributed by atoms with Crippen molar-refractivity contribution in [1.29, 1.82) is 0 Å². The summed E-state index contributed by atoms with van der Waals surface area (Å²) in [4.78, 5) is 16.8. The largest absolute Gasteiger partial charge is 0.478 e.